The van der Waals surface area contributed by atoms with E-state index in [-0.39, 0.29) is 6.42 Å². The van der Waals surface area contributed by atoms with E-state index >= 15 is 0 Å². The maximum absolute atomic E-state index is 11.2. The van der Waals surface area contributed by atoms with Crippen molar-refractivity contribution in [1.29, 1.82) is 5.26 Å². The van der Waals surface area contributed by atoms with Crippen molar-refractivity contribution >= 4 is 11.6 Å². The number of hydrogen-bond acceptors (Lipinski definition) is 4. The van der Waals surface area contributed by atoms with Gasteiger partial charge in [-0.2, -0.15) is 10.4 Å². The first-order valence-electron chi connectivity index (χ1n) is 3.94. The highest BCUT2D eigenvalue weighted by molar-refractivity contribution is 5.89. The van der Waals surface area contributed by atoms with Crippen LogP contribution >= 0.6 is 0 Å². The Labute approximate surface area is 76.3 Å². The Morgan fingerprint density at radius 3 is 2.92 bits per heavy atom. The molecule has 70 valence electrons. The molecule has 0 bridgehead atoms. The second-order valence-corrected chi connectivity index (χ2v) is 3.27. The van der Waals surface area contributed by atoms with Crippen LogP contribution in [0.3, 0.4) is 0 Å². The van der Waals surface area contributed by atoms with Gasteiger partial charge in [-0.25, -0.2) is 5.01 Å². The minimum absolute atomic E-state index is 0.257. The molecular formula is C8H11N3O2. The monoisotopic (exact) mass is 181 g/mol. The number of nitriles is 1. The molecule has 1 rings (SSSR count). The molecule has 0 saturated carbocycles. The van der Waals surface area contributed by atoms with E-state index in [1.54, 1.807) is 13.0 Å². The molecule has 1 atom stereocenters. The summed E-state index contributed by atoms with van der Waals surface area (Å²) in [5, 5.41) is 22.8. The predicted molar refractivity (Wildman–Crippen MR) is 45.4 cm³/mol. The Bertz CT molecular complexity index is 301. The zero-order valence-electron chi connectivity index (χ0n) is 7.61. The number of carbonyl (C=O) groups excluding carboxylic acids is 1. The van der Waals surface area contributed by atoms with Crippen molar-refractivity contribution in [2.45, 2.75) is 32.4 Å². The van der Waals surface area contributed by atoms with Crippen molar-refractivity contribution in [1.82, 2.24) is 5.01 Å². The highest BCUT2D eigenvalue weighted by Crippen LogP contribution is 2.24. The number of hydrazone groups is 1. The minimum atomic E-state index is -1.27. The maximum Gasteiger partial charge on any atom is 0.259 e. The molecule has 0 radical (unpaired) electrons. The Balaban J connectivity index is 2.80. The summed E-state index contributed by atoms with van der Waals surface area (Å²) in [6.07, 6.45) is 0.0805. The van der Waals surface area contributed by atoms with E-state index in [4.69, 9.17) is 5.26 Å². The molecule has 0 saturated heterocycles. The van der Waals surface area contributed by atoms with Crippen LogP contribution < -0.4 is 0 Å². The van der Waals surface area contributed by atoms with E-state index in [9.17, 15) is 9.90 Å². The predicted octanol–water partition coefficient (Wildman–Crippen LogP) is 0.217. The molecule has 1 aliphatic heterocycles. The van der Waals surface area contributed by atoms with Gasteiger partial charge in [0.2, 0.25) is 0 Å². The van der Waals surface area contributed by atoms with Crippen molar-refractivity contribution in [3.8, 4) is 6.07 Å². The fraction of sp³-hybridized carbons (Fsp3) is 0.625. The largest absolute Gasteiger partial charge is 0.369 e. The fourth-order valence-electron chi connectivity index (χ4n) is 1.34. The fourth-order valence-corrected chi connectivity index (χ4v) is 1.34. The van der Waals surface area contributed by atoms with Crippen LogP contribution in [0, 0.1) is 11.3 Å². The third-order valence-corrected chi connectivity index (χ3v) is 1.78. The number of aliphatic hydroxyl groups is 1. The average Bonchev–Trinajstić information content (AvgIpc) is 2.24. The first kappa shape index (κ1) is 9.68. The topological polar surface area (TPSA) is 76.7 Å². The zero-order chi connectivity index (χ0) is 10.1. The van der Waals surface area contributed by atoms with E-state index in [1.165, 1.54) is 6.92 Å². The highest BCUT2D eigenvalue weighted by atomic mass is 16.3. The molecule has 13 heavy (non-hydrogen) atoms. The van der Waals surface area contributed by atoms with Gasteiger partial charge in [-0.05, 0) is 13.8 Å². The summed E-state index contributed by atoms with van der Waals surface area (Å²) < 4.78 is 0. The Morgan fingerprint density at radius 2 is 2.54 bits per heavy atom. The third-order valence-electron chi connectivity index (χ3n) is 1.78. The Morgan fingerprint density at radius 1 is 1.92 bits per heavy atom. The smallest absolute Gasteiger partial charge is 0.259 e. The summed E-state index contributed by atoms with van der Waals surface area (Å²) in [6.45, 7) is 3.23. The molecule has 1 amide bonds. The standard InChI is InChI=1S/C8H11N3O2/c1-6-5-8(2,13)11(10-6)7(12)3-4-9/h13H,3,5H2,1-2H3. The minimum Gasteiger partial charge on any atom is -0.369 e. The number of hydrogen-bond donors (Lipinski definition) is 1. The van der Waals surface area contributed by atoms with Crippen molar-refractivity contribution < 1.29 is 9.90 Å². The van der Waals surface area contributed by atoms with Gasteiger partial charge in [0, 0.05) is 12.1 Å². The lowest BCUT2D eigenvalue weighted by Gasteiger charge is -2.26. The van der Waals surface area contributed by atoms with E-state index in [0.29, 0.717) is 12.1 Å². The zero-order valence-corrected chi connectivity index (χ0v) is 7.61. The molecule has 1 heterocycles. The summed E-state index contributed by atoms with van der Waals surface area (Å²) in [5.41, 5.74) is -0.575. The molecule has 1 unspecified atom stereocenters. The lowest BCUT2D eigenvalue weighted by molar-refractivity contribution is -0.150. The van der Waals surface area contributed by atoms with Crippen LogP contribution in [-0.2, 0) is 4.79 Å². The molecular weight excluding hydrogens is 170 g/mol. The third kappa shape index (κ3) is 1.84. The summed E-state index contributed by atoms with van der Waals surface area (Å²) in [7, 11) is 0. The van der Waals surface area contributed by atoms with Crippen molar-refractivity contribution in [2.75, 3.05) is 0 Å². The summed E-state index contributed by atoms with van der Waals surface area (Å²) >= 11 is 0. The first-order valence-corrected chi connectivity index (χ1v) is 3.94. The van der Waals surface area contributed by atoms with Gasteiger partial charge < -0.3 is 5.11 Å². The maximum atomic E-state index is 11.2. The van der Waals surface area contributed by atoms with E-state index < -0.39 is 11.6 Å². The van der Waals surface area contributed by atoms with Gasteiger partial charge in [0.15, 0.2) is 5.72 Å². The van der Waals surface area contributed by atoms with Gasteiger partial charge in [-0.15, -0.1) is 0 Å². The highest BCUT2D eigenvalue weighted by Gasteiger charge is 2.38. The van der Waals surface area contributed by atoms with Crippen LogP contribution in [0.15, 0.2) is 5.10 Å². The lowest BCUT2D eigenvalue weighted by atomic mass is 10.1. The number of amides is 1. The second kappa shape index (κ2) is 3.15. The van der Waals surface area contributed by atoms with Crippen LogP contribution in [-0.4, -0.2) is 27.5 Å². The van der Waals surface area contributed by atoms with Gasteiger partial charge in [0.25, 0.3) is 5.91 Å². The van der Waals surface area contributed by atoms with Gasteiger partial charge >= 0.3 is 0 Å². The SMILES string of the molecule is CC1=NN(C(=O)CC#N)C(C)(O)C1. The van der Waals surface area contributed by atoms with Crippen molar-refractivity contribution in [3.63, 3.8) is 0 Å². The second-order valence-electron chi connectivity index (χ2n) is 3.27. The lowest BCUT2D eigenvalue weighted by Crippen LogP contribution is -2.43. The first-order chi connectivity index (χ1) is 5.97. The molecule has 0 aromatic carbocycles. The molecule has 5 nitrogen and oxygen atoms in total. The quantitative estimate of drug-likeness (QED) is 0.628. The summed E-state index contributed by atoms with van der Waals surface area (Å²) in [5.74, 6) is -0.468. The molecule has 1 aliphatic rings. The number of rotatable bonds is 1. The molecule has 0 fully saturated rings. The Kier molecular flexibility index (Phi) is 2.34. The van der Waals surface area contributed by atoms with Crippen LogP contribution in [0.2, 0.25) is 0 Å². The molecule has 0 aromatic heterocycles. The molecule has 0 aliphatic carbocycles. The average molecular weight is 181 g/mol. The van der Waals surface area contributed by atoms with Crippen molar-refractivity contribution in [2.24, 2.45) is 5.10 Å². The van der Waals surface area contributed by atoms with E-state index in [2.05, 4.69) is 5.10 Å². The molecule has 5 heteroatoms. The van der Waals surface area contributed by atoms with Gasteiger partial charge in [-0.3, -0.25) is 4.79 Å². The molecule has 1 N–H and O–H groups in total. The van der Waals surface area contributed by atoms with Crippen molar-refractivity contribution in [3.05, 3.63) is 0 Å². The molecule has 0 aromatic rings. The normalized spacial score (nSPS) is 26.9. The van der Waals surface area contributed by atoms with Gasteiger partial charge in [0.1, 0.15) is 6.42 Å². The number of nitrogens with zero attached hydrogens (tertiary/aromatic N) is 3. The van der Waals surface area contributed by atoms with Crippen LogP contribution in [0.25, 0.3) is 0 Å². The van der Waals surface area contributed by atoms with E-state index in [1.807, 2.05) is 0 Å². The number of carbonyl (C=O) groups is 1. The molecule has 0 spiro atoms. The van der Waals surface area contributed by atoms with E-state index in [0.717, 1.165) is 5.01 Å². The van der Waals surface area contributed by atoms with Crippen LogP contribution in [0.4, 0.5) is 0 Å². The van der Waals surface area contributed by atoms with Gasteiger partial charge in [0.05, 0.1) is 6.07 Å². The Hall–Kier alpha value is -1.41. The van der Waals surface area contributed by atoms with Crippen LogP contribution in [0.1, 0.15) is 26.7 Å². The summed E-state index contributed by atoms with van der Waals surface area (Å²) in [4.78, 5) is 11.2. The van der Waals surface area contributed by atoms with Gasteiger partial charge in [-0.1, -0.05) is 0 Å². The van der Waals surface area contributed by atoms with Crippen LogP contribution in [0.5, 0.6) is 0 Å². The summed E-state index contributed by atoms with van der Waals surface area (Å²) in [6, 6.07) is 1.73.